The average molecular weight is 412 g/mol. The molecule has 1 saturated heterocycles. The second kappa shape index (κ2) is 9.11. The van der Waals surface area contributed by atoms with Crippen molar-refractivity contribution in [3.63, 3.8) is 0 Å². The van der Waals surface area contributed by atoms with Gasteiger partial charge in [-0.2, -0.15) is 0 Å². The lowest BCUT2D eigenvalue weighted by molar-refractivity contribution is -0.135. The third-order valence-corrected chi connectivity index (χ3v) is 5.85. The van der Waals surface area contributed by atoms with E-state index in [-0.39, 0.29) is 11.9 Å². The van der Waals surface area contributed by atoms with E-state index in [9.17, 15) is 9.59 Å². The fourth-order valence-corrected chi connectivity index (χ4v) is 4.35. The topological polar surface area (TPSA) is 53.5 Å². The molecule has 5 heteroatoms. The molecule has 1 atom stereocenters. The lowest BCUT2D eigenvalue weighted by Crippen LogP contribution is -2.54. The van der Waals surface area contributed by atoms with Crippen molar-refractivity contribution in [1.29, 1.82) is 0 Å². The zero-order valence-corrected chi connectivity index (χ0v) is 17.6. The zero-order chi connectivity index (χ0) is 21.8. The van der Waals surface area contributed by atoms with Crippen molar-refractivity contribution in [2.24, 2.45) is 0 Å². The quantitative estimate of drug-likeness (QED) is 0.478. The Bertz CT molecular complexity index is 1160. The summed E-state index contributed by atoms with van der Waals surface area (Å²) in [5.41, 5.74) is 3.29. The van der Waals surface area contributed by atoms with E-state index in [0.717, 1.165) is 41.3 Å². The van der Waals surface area contributed by atoms with Gasteiger partial charge in [0.05, 0.1) is 6.42 Å². The fraction of sp³-hybridized carbons (Fsp3) is 0.269. The van der Waals surface area contributed by atoms with Gasteiger partial charge in [0, 0.05) is 61.1 Å². The van der Waals surface area contributed by atoms with E-state index in [1.807, 2.05) is 47.5 Å². The molecule has 31 heavy (non-hydrogen) atoms. The van der Waals surface area contributed by atoms with Gasteiger partial charge in [-0.15, -0.1) is 6.42 Å². The van der Waals surface area contributed by atoms with Gasteiger partial charge < -0.3 is 4.90 Å². The molecular weight excluding hydrogens is 386 g/mol. The summed E-state index contributed by atoms with van der Waals surface area (Å²) in [5.74, 6) is 2.74. The van der Waals surface area contributed by atoms with E-state index >= 15 is 0 Å². The summed E-state index contributed by atoms with van der Waals surface area (Å²) in [6.45, 7) is 5.01. The molecule has 0 spiro atoms. The molecule has 3 aromatic rings. The fourth-order valence-electron chi connectivity index (χ4n) is 4.35. The minimum atomic E-state index is 0.102. The first-order valence-electron chi connectivity index (χ1n) is 10.5. The first-order chi connectivity index (χ1) is 15.1. The molecule has 1 aliphatic rings. The summed E-state index contributed by atoms with van der Waals surface area (Å²) in [5, 5.41) is 2.13. The minimum absolute atomic E-state index is 0.102. The van der Waals surface area contributed by atoms with E-state index in [1.54, 1.807) is 12.3 Å². The highest BCUT2D eigenvalue weighted by Gasteiger charge is 2.27. The highest BCUT2D eigenvalue weighted by Crippen LogP contribution is 2.20. The van der Waals surface area contributed by atoms with Crippen LogP contribution < -0.4 is 0 Å². The molecule has 0 radical (unpaired) electrons. The predicted molar refractivity (Wildman–Crippen MR) is 122 cm³/mol. The molecule has 0 unspecified atom stereocenters. The molecular formula is C26H25N3O2. The lowest BCUT2D eigenvalue weighted by Gasteiger charge is -2.40. The van der Waals surface area contributed by atoms with Crippen LogP contribution in [0.2, 0.25) is 0 Å². The van der Waals surface area contributed by atoms with Gasteiger partial charge in [-0.25, -0.2) is 0 Å². The Morgan fingerprint density at radius 1 is 1.23 bits per heavy atom. The Morgan fingerprint density at radius 3 is 2.84 bits per heavy atom. The van der Waals surface area contributed by atoms with E-state index < -0.39 is 0 Å². The molecule has 156 valence electrons. The molecule has 0 saturated carbocycles. The third-order valence-electron chi connectivity index (χ3n) is 5.85. The molecule has 0 aliphatic carbocycles. The number of carbonyl (C=O) groups is 2. The monoisotopic (exact) mass is 411 g/mol. The predicted octanol–water partition coefficient (Wildman–Crippen LogP) is 3.30. The molecule has 1 aliphatic heterocycles. The summed E-state index contributed by atoms with van der Waals surface area (Å²) in [6, 6.07) is 13.7. The molecule has 5 nitrogen and oxygen atoms in total. The maximum Gasteiger partial charge on any atom is 0.227 e. The number of pyridine rings is 1. The summed E-state index contributed by atoms with van der Waals surface area (Å²) < 4.78 is 0. The van der Waals surface area contributed by atoms with Crippen LogP contribution in [0.3, 0.4) is 0 Å². The van der Waals surface area contributed by atoms with Crippen LogP contribution in [-0.4, -0.2) is 52.7 Å². The molecule has 4 rings (SSSR count). The lowest BCUT2D eigenvalue weighted by atomic mass is 10.0. The Labute approximate surface area is 182 Å². The van der Waals surface area contributed by atoms with Crippen LogP contribution in [0, 0.1) is 12.3 Å². The number of hydrogen-bond acceptors (Lipinski definition) is 4. The smallest absolute Gasteiger partial charge is 0.227 e. The Morgan fingerprint density at radius 2 is 2.06 bits per heavy atom. The molecule has 1 aromatic heterocycles. The number of aldehydes is 1. The van der Waals surface area contributed by atoms with Gasteiger partial charge in [-0.05, 0) is 41.6 Å². The summed E-state index contributed by atoms with van der Waals surface area (Å²) in [6.07, 6.45) is 10.3. The number of terminal acetylenes is 1. The number of benzene rings is 2. The van der Waals surface area contributed by atoms with Crippen LogP contribution in [0.15, 0.2) is 54.9 Å². The van der Waals surface area contributed by atoms with Gasteiger partial charge in [0.2, 0.25) is 5.91 Å². The van der Waals surface area contributed by atoms with Gasteiger partial charge >= 0.3 is 0 Å². The van der Waals surface area contributed by atoms with Crippen molar-refractivity contribution >= 4 is 23.0 Å². The zero-order valence-electron chi connectivity index (χ0n) is 17.6. The number of aromatic nitrogens is 1. The van der Waals surface area contributed by atoms with E-state index in [4.69, 9.17) is 6.42 Å². The molecule has 2 aromatic carbocycles. The minimum Gasteiger partial charge on any atom is -0.337 e. The average Bonchev–Trinajstić information content (AvgIpc) is 2.79. The first kappa shape index (κ1) is 20.8. The first-order valence-corrected chi connectivity index (χ1v) is 10.5. The summed E-state index contributed by atoms with van der Waals surface area (Å²) >= 11 is 0. The van der Waals surface area contributed by atoms with Gasteiger partial charge in [0.25, 0.3) is 0 Å². The Kier molecular flexibility index (Phi) is 6.11. The molecule has 0 bridgehead atoms. The normalized spacial score (nSPS) is 16.8. The Hall–Kier alpha value is -3.49. The molecule has 1 fully saturated rings. The second-order valence-corrected chi connectivity index (χ2v) is 8.09. The van der Waals surface area contributed by atoms with Crippen molar-refractivity contribution in [2.75, 3.05) is 19.6 Å². The van der Waals surface area contributed by atoms with Crippen molar-refractivity contribution in [2.45, 2.75) is 25.9 Å². The summed E-state index contributed by atoms with van der Waals surface area (Å²) in [7, 11) is 0. The van der Waals surface area contributed by atoms with Gasteiger partial charge in [0.1, 0.15) is 6.29 Å². The van der Waals surface area contributed by atoms with Crippen LogP contribution in [-0.2, 0) is 17.8 Å². The Balaban J connectivity index is 1.42. The van der Waals surface area contributed by atoms with Crippen LogP contribution in [0.4, 0.5) is 0 Å². The van der Waals surface area contributed by atoms with Gasteiger partial charge in [0.15, 0.2) is 0 Å². The van der Waals surface area contributed by atoms with E-state index in [1.165, 1.54) is 0 Å². The van der Waals surface area contributed by atoms with E-state index in [0.29, 0.717) is 30.6 Å². The largest absolute Gasteiger partial charge is 0.337 e. The third kappa shape index (κ3) is 4.65. The maximum atomic E-state index is 13.1. The maximum absolute atomic E-state index is 13.1. The number of rotatable bonds is 5. The van der Waals surface area contributed by atoms with Crippen LogP contribution in [0.5, 0.6) is 0 Å². The number of piperazine rings is 1. The van der Waals surface area contributed by atoms with Crippen molar-refractivity contribution < 1.29 is 9.59 Å². The van der Waals surface area contributed by atoms with Crippen molar-refractivity contribution in [1.82, 2.24) is 14.8 Å². The standard InChI is InChI=1S/C26H25N3O2/c1-3-20-10-21(12-22(11-20)18-30)17-28-8-9-29(19(2)16-28)26(31)13-24-15-27-14-23-6-4-5-7-25(23)24/h1,4-7,10-12,14-15,18-19H,8-9,13,16-17H2,2H3/t19-/m1/s1. The number of nitrogens with zero attached hydrogens (tertiary/aromatic N) is 3. The number of carbonyl (C=O) groups excluding carboxylic acids is 2. The summed E-state index contributed by atoms with van der Waals surface area (Å²) in [4.78, 5) is 32.8. The van der Waals surface area contributed by atoms with Gasteiger partial charge in [-0.1, -0.05) is 30.2 Å². The number of hydrogen-bond donors (Lipinski definition) is 0. The van der Waals surface area contributed by atoms with Gasteiger partial charge in [-0.3, -0.25) is 19.5 Å². The SMILES string of the molecule is C#Cc1cc(C=O)cc(CN2CCN(C(=O)Cc3cncc4ccccc34)[C@H](C)C2)c1. The highest BCUT2D eigenvalue weighted by atomic mass is 16.2. The number of amides is 1. The molecule has 1 amide bonds. The van der Waals surface area contributed by atoms with E-state index in [2.05, 4.69) is 22.7 Å². The van der Waals surface area contributed by atoms with Crippen LogP contribution >= 0.6 is 0 Å². The van der Waals surface area contributed by atoms with Crippen molar-refractivity contribution in [3.05, 3.63) is 77.1 Å². The molecule has 2 heterocycles. The molecule has 0 N–H and O–H groups in total. The second-order valence-electron chi connectivity index (χ2n) is 8.09. The van der Waals surface area contributed by atoms with Crippen molar-refractivity contribution in [3.8, 4) is 12.3 Å². The van der Waals surface area contributed by atoms with Crippen LogP contribution in [0.25, 0.3) is 10.8 Å². The highest BCUT2D eigenvalue weighted by molar-refractivity contribution is 5.89. The van der Waals surface area contributed by atoms with Crippen LogP contribution in [0.1, 0.15) is 34.0 Å². The number of fused-ring (bicyclic) bond motifs is 1.